The smallest absolute Gasteiger partial charge is 0.251 e. The van der Waals surface area contributed by atoms with E-state index in [4.69, 9.17) is 15.7 Å². The van der Waals surface area contributed by atoms with Crippen molar-refractivity contribution in [3.8, 4) is 11.8 Å². The second kappa shape index (κ2) is 6.44. The Morgan fingerprint density at radius 3 is 2.62 bits per heavy atom. The van der Waals surface area contributed by atoms with Crippen LogP contribution in [-0.2, 0) is 6.54 Å². The fourth-order valence-corrected chi connectivity index (χ4v) is 1.85. The van der Waals surface area contributed by atoms with Crippen molar-refractivity contribution < 1.29 is 9.53 Å². The fraction of sp³-hybridized carbons (Fsp3) is 0.125. The minimum atomic E-state index is -0.232. The highest BCUT2D eigenvalue weighted by molar-refractivity contribution is 5.95. The van der Waals surface area contributed by atoms with Crippen LogP contribution < -0.4 is 15.8 Å². The number of amides is 1. The maximum Gasteiger partial charge on any atom is 0.251 e. The molecule has 106 valence electrons. The van der Waals surface area contributed by atoms with E-state index in [-0.39, 0.29) is 5.91 Å². The van der Waals surface area contributed by atoms with Crippen molar-refractivity contribution in [1.82, 2.24) is 5.32 Å². The number of nitrogen functional groups attached to an aromatic ring is 1. The largest absolute Gasteiger partial charge is 0.497 e. The number of nitrogens with two attached hydrogens (primary N) is 1. The Kier molecular flexibility index (Phi) is 4.42. The number of benzene rings is 2. The molecule has 0 saturated heterocycles. The Morgan fingerprint density at radius 2 is 2.00 bits per heavy atom. The van der Waals surface area contributed by atoms with Crippen LogP contribution in [0, 0.1) is 11.3 Å². The molecule has 0 atom stereocenters. The van der Waals surface area contributed by atoms with E-state index in [0.29, 0.717) is 29.1 Å². The summed E-state index contributed by atoms with van der Waals surface area (Å²) >= 11 is 0. The van der Waals surface area contributed by atoms with Gasteiger partial charge in [-0.25, -0.2) is 0 Å². The lowest BCUT2D eigenvalue weighted by Crippen LogP contribution is -2.22. The first kappa shape index (κ1) is 14.4. The van der Waals surface area contributed by atoms with Crippen LogP contribution >= 0.6 is 0 Å². The number of methoxy groups -OCH3 is 1. The first-order chi connectivity index (χ1) is 10.1. The van der Waals surface area contributed by atoms with Gasteiger partial charge in [0, 0.05) is 23.9 Å². The van der Waals surface area contributed by atoms with Crippen molar-refractivity contribution in [3.05, 3.63) is 59.2 Å². The number of nitrogens with one attached hydrogen (secondary N) is 1. The molecule has 2 aromatic carbocycles. The van der Waals surface area contributed by atoms with Gasteiger partial charge in [0.1, 0.15) is 5.75 Å². The maximum absolute atomic E-state index is 12.1. The summed E-state index contributed by atoms with van der Waals surface area (Å²) in [6.07, 6.45) is 0. The highest BCUT2D eigenvalue weighted by Gasteiger charge is 2.08. The van der Waals surface area contributed by atoms with Gasteiger partial charge < -0.3 is 15.8 Å². The van der Waals surface area contributed by atoms with Gasteiger partial charge in [-0.05, 0) is 29.8 Å². The summed E-state index contributed by atoms with van der Waals surface area (Å²) in [6.45, 7) is 0.377. The predicted molar refractivity (Wildman–Crippen MR) is 79.7 cm³/mol. The van der Waals surface area contributed by atoms with Crippen molar-refractivity contribution in [2.45, 2.75) is 6.54 Å². The van der Waals surface area contributed by atoms with E-state index in [9.17, 15) is 4.79 Å². The van der Waals surface area contributed by atoms with Gasteiger partial charge in [0.2, 0.25) is 0 Å². The van der Waals surface area contributed by atoms with Crippen molar-refractivity contribution in [1.29, 1.82) is 5.26 Å². The van der Waals surface area contributed by atoms with Gasteiger partial charge in [-0.2, -0.15) is 5.26 Å². The number of hydrogen-bond donors (Lipinski definition) is 2. The molecule has 5 nitrogen and oxygen atoms in total. The highest BCUT2D eigenvalue weighted by Crippen LogP contribution is 2.18. The average Bonchev–Trinajstić information content (AvgIpc) is 2.52. The zero-order chi connectivity index (χ0) is 15.2. The van der Waals surface area contributed by atoms with E-state index in [0.717, 1.165) is 5.56 Å². The average molecular weight is 281 g/mol. The van der Waals surface area contributed by atoms with Crippen LogP contribution in [0.15, 0.2) is 42.5 Å². The molecule has 2 rings (SSSR count). The third kappa shape index (κ3) is 3.74. The molecule has 0 radical (unpaired) electrons. The van der Waals surface area contributed by atoms with Crippen molar-refractivity contribution in [3.63, 3.8) is 0 Å². The molecular weight excluding hydrogens is 266 g/mol. The number of carbonyl (C=O) groups is 1. The van der Waals surface area contributed by atoms with E-state index in [1.165, 1.54) is 7.11 Å². The third-order valence-electron chi connectivity index (χ3n) is 2.96. The van der Waals surface area contributed by atoms with Gasteiger partial charge in [0.15, 0.2) is 0 Å². The molecule has 0 aliphatic heterocycles. The van der Waals surface area contributed by atoms with Crippen LogP contribution in [-0.4, -0.2) is 13.0 Å². The summed E-state index contributed by atoms with van der Waals surface area (Å²) in [4.78, 5) is 12.1. The first-order valence-electron chi connectivity index (χ1n) is 6.34. The number of anilines is 1. The number of carbonyl (C=O) groups excluding carboxylic acids is 1. The van der Waals surface area contributed by atoms with E-state index in [1.54, 1.807) is 42.5 Å². The molecule has 0 spiro atoms. The van der Waals surface area contributed by atoms with Crippen LogP contribution in [0.1, 0.15) is 21.5 Å². The Labute approximate surface area is 123 Å². The Hall–Kier alpha value is -3.00. The molecule has 0 bridgehead atoms. The quantitative estimate of drug-likeness (QED) is 0.840. The number of hydrogen-bond acceptors (Lipinski definition) is 4. The third-order valence-corrected chi connectivity index (χ3v) is 2.96. The summed E-state index contributed by atoms with van der Waals surface area (Å²) in [5.41, 5.74) is 8.14. The van der Waals surface area contributed by atoms with Gasteiger partial charge in [-0.15, -0.1) is 0 Å². The number of nitriles is 1. The molecule has 0 saturated carbocycles. The second-order valence-electron chi connectivity index (χ2n) is 4.49. The molecule has 3 N–H and O–H groups in total. The zero-order valence-corrected chi connectivity index (χ0v) is 11.6. The maximum atomic E-state index is 12.1. The van der Waals surface area contributed by atoms with Crippen molar-refractivity contribution in [2.24, 2.45) is 0 Å². The first-order valence-corrected chi connectivity index (χ1v) is 6.34. The lowest BCUT2D eigenvalue weighted by molar-refractivity contribution is 0.0950. The zero-order valence-electron chi connectivity index (χ0n) is 11.6. The molecule has 1 amide bonds. The lowest BCUT2D eigenvalue weighted by atomic mass is 10.1. The van der Waals surface area contributed by atoms with Crippen LogP contribution in [0.3, 0.4) is 0 Å². The van der Waals surface area contributed by atoms with E-state index in [1.807, 2.05) is 6.07 Å². The topological polar surface area (TPSA) is 88.1 Å². The Bertz CT molecular complexity index is 688. The molecule has 0 aliphatic carbocycles. The Balaban J connectivity index is 2.04. The minimum Gasteiger partial charge on any atom is -0.497 e. The predicted octanol–water partition coefficient (Wildman–Crippen LogP) is 2.08. The number of ether oxygens (including phenoxy) is 1. The molecule has 5 heteroatoms. The van der Waals surface area contributed by atoms with Crippen molar-refractivity contribution in [2.75, 3.05) is 12.8 Å². The molecule has 0 aliphatic rings. The van der Waals surface area contributed by atoms with Gasteiger partial charge in [0.05, 0.1) is 18.7 Å². The molecular formula is C16H15N3O2. The summed E-state index contributed by atoms with van der Waals surface area (Å²) in [7, 11) is 1.52. The van der Waals surface area contributed by atoms with Crippen LogP contribution in [0.4, 0.5) is 5.69 Å². The standard InChI is InChI=1S/C16H15N3O2/c1-21-15-7-13(6-14(18)8-15)16(20)19-10-12-4-2-11(9-17)3-5-12/h2-8H,10,18H2,1H3,(H,19,20). The number of rotatable bonds is 4. The summed E-state index contributed by atoms with van der Waals surface area (Å²) < 4.78 is 5.08. The van der Waals surface area contributed by atoms with Crippen LogP contribution in [0.5, 0.6) is 5.75 Å². The molecule has 21 heavy (non-hydrogen) atoms. The molecule has 2 aromatic rings. The Morgan fingerprint density at radius 1 is 1.29 bits per heavy atom. The van der Waals surface area contributed by atoms with E-state index in [2.05, 4.69) is 5.32 Å². The summed E-state index contributed by atoms with van der Waals surface area (Å²) in [6, 6.07) is 14.0. The normalized spacial score (nSPS) is 9.71. The fourth-order valence-electron chi connectivity index (χ4n) is 1.85. The minimum absolute atomic E-state index is 0.232. The summed E-state index contributed by atoms with van der Waals surface area (Å²) in [5, 5.41) is 11.5. The number of nitrogens with zero attached hydrogens (tertiary/aromatic N) is 1. The molecule has 0 heterocycles. The highest BCUT2D eigenvalue weighted by atomic mass is 16.5. The van der Waals surface area contributed by atoms with Gasteiger partial charge in [-0.3, -0.25) is 4.79 Å². The molecule has 0 fully saturated rings. The van der Waals surface area contributed by atoms with Gasteiger partial charge in [-0.1, -0.05) is 12.1 Å². The van der Waals surface area contributed by atoms with Gasteiger partial charge >= 0.3 is 0 Å². The SMILES string of the molecule is COc1cc(N)cc(C(=O)NCc2ccc(C#N)cc2)c1. The molecule has 0 aromatic heterocycles. The monoisotopic (exact) mass is 281 g/mol. The van der Waals surface area contributed by atoms with Crippen LogP contribution in [0.25, 0.3) is 0 Å². The van der Waals surface area contributed by atoms with E-state index < -0.39 is 0 Å². The van der Waals surface area contributed by atoms with Gasteiger partial charge in [0.25, 0.3) is 5.91 Å². The van der Waals surface area contributed by atoms with Crippen molar-refractivity contribution >= 4 is 11.6 Å². The summed E-state index contributed by atoms with van der Waals surface area (Å²) in [5.74, 6) is 0.309. The van der Waals surface area contributed by atoms with Crippen LogP contribution in [0.2, 0.25) is 0 Å². The molecule has 0 unspecified atom stereocenters. The van der Waals surface area contributed by atoms with E-state index >= 15 is 0 Å². The second-order valence-corrected chi connectivity index (χ2v) is 4.49. The lowest BCUT2D eigenvalue weighted by Gasteiger charge is -2.08.